The molecule has 0 fully saturated rings. The fourth-order valence-electron chi connectivity index (χ4n) is 3.65. The van der Waals surface area contributed by atoms with Crippen LogP contribution in [0.15, 0.2) is 42.5 Å². The predicted octanol–water partition coefficient (Wildman–Crippen LogP) is 2.78. The van der Waals surface area contributed by atoms with Crippen molar-refractivity contribution in [3.63, 3.8) is 0 Å². The third-order valence-electron chi connectivity index (χ3n) is 5.51. The first-order chi connectivity index (χ1) is 16.1. The van der Waals surface area contributed by atoms with Crippen molar-refractivity contribution in [3.8, 4) is 11.5 Å². The monoisotopic (exact) mass is 509 g/mol. The van der Waals surface area contributed by atoms with Crippen LogP contribution in [0.25, 0.3) is 0 Å². The average molecular weight is 510 g/mol. The first-order valence-corrected chi connectivity index (χ1v) is 13.0. The van der Waals surface area contributed by atoms with Crippen LogP contribution in [0, 0.1) is 0 Å². The van der Waals surface area contributed by atoms with E-state index < -0.39 is 16.1 Å². The maximum absolute atomic E-state index is 13.1. The molecule has 1 atom stereocenters. The van der Waals surface area contributed by atoms with Crippen molar-refractivity contribution in [1.82, 2.24) is 10.2 Å². The molecule has 1 aliphatic heterocycles. The van der Waals surface area contributed by atoms with E-state index in [1.54, 1.807) is 43.3 Å². The maximum Gasteiger partial charge on any atom is 0.242 e. The van der Waals surface area contributed by atoms with Gasteiger partial charge in [0.2, 0.25) is 28.6 Å². The van der Waals surface area contributed by atoms with Crippen LogP contribution < -0.4 is 19.1 Å². The summed E-state index contributed by atoms with van der Waals surface area (Å²) < 4.78 is 36.8. The van der Waals surface area contributed by atoms with E-state index in [1.165, 1.54) is 16.3 Å². The summed E-state index contributed by atoms with van der Waals surface area (Å²) in [6.45, 7) is 1.96. The number of rotatable bonds is 10. The van der Waals surface area contributed by atoms with E-state index in [0.29, 0.717) is 27.8 Å². The lowest BCUT2D eigenvalue weighted by atomic mass is 10.1. The van der Waals surface area contributed by atoms with E-state index in [9.17, 15) is 18.0 Å². The van der Waals surface area contributed by atoms with Crippen molar-refractivity contribution >= 4 is 39.1 Å². The van der Waals surface area contributed by atoms with Crippen LogP contribution >= 0.6 is 11.6 Å². The molecule has 1 N–H and O–H groups in total. The van der Waals surface area contributed by atoms with Crippen LogP contribution in [0.5, 0.6) is 11.5 Å². The Labute approximate surface area is 204 Å². The number of ether oxygens (including phenoxy) is 2. The second-order valence-electron chi connectivity index (χ2n) is 7.88. The molecule has 0 saturated carbocycles. The Morgan fingerprint density at radius 1 is 1.15 bits per heavy atom. The molecule has 9 nitrogen and oxygen atoms in total. The molecule has 0 spiro atoms. The minimum atomic E-state index is -3.61. The molecule has 2 aromatic carbocycles. The quantitative estimate of drug-likeness (QED) is 0.528. The first kappa shape index (κ1) is 25.6. The van der Waals surface area contributed by atoms with E-state index in [2.05, 4.69) is 5.32 Å². The Kier molecular flexibility index (Phi) is 8.27. The molecule has 2 amide bonds. The lowest BCUT2D eigenvalue weighted by Gasteiger charge is -2.29. The Bertz CT molecular complexity index is 1160. The standard InChI is InChI=1S/C23H28ClN3O6S/c1-16(23(29)25-2)26(14-17-7-4-5-8-19(17)24)22(28)9-6-12-27(34(3,30)31)18-10-11-20-21(13-18)33-15-32-20/h4-5,7-8,10-11,13,16H,6,9,12,14-15H2,1-3H3,(H,25,29)/t16-/m1/s1. The highest BCUT2D eigenvalue weighted by Gasteiger charge is 2.27. The topological polar surface area (TPSA) is 105 Å². The van der Waals surface area contributed by atoms with Gasteiger partial charge in [-0.3, -0.25) is 13.9 Å². The summed E-state index contributed by atoms with van der Waals surface area (Å²) >= 11 is 6.26. The summed E-state index contributed by atoms with van der Waals surface area (Å²) in [7, 11) is -2.10. The number of sulfonamides is 1. The van der Waals surface area contributed by atoms with Crippen molar-refractivity contribution in [2.24, 2.45) is 0 Å². The van der Waals surface area contributed by atoms with E-state index in [1.807, 2.05) is 6.07 Å². The third kappa shape index (κ3) is 6.12. The summed E-state index contributed by atoms with van der Waals surface area (Å²) in [5.41, 5.74) is 1.14. The highest BCUT2D eigenvalue weighted by molar-refractivity contribution is 7.92. The number of hydrogen-bond acceptors (Lipinski definition) is 6. The van der Waals surface area contributed by atoms with Crippen LogP contribution in [-0.2, 0) is 26.2 Å². The molecular formula is C23H28ClN3O6S. The van der Waals surface area contributed by atoms with Crippen LogP contribution in [0.1, 0.15) is 25.3 Å². The number of nitrogens with one attached hydrogen (secondary N) is 1. The van der Waals surface area contributed by atoms with Crippen molar-refractivity contribution in [2.45, 2.75) is 32.4 Å². The minimum absolute atomic E-state index is 0.0440. The first-order valence-electron chi connectivity index (χ1n) is 10.7. The number of carbonyl (C=O) groups is 2. The number of nitrogens with zero attached hydrogens (tertiary/aromatic N) is 2. The normalized spacial score (nSPS) is 13.3. The van der Waals surface area contributed by atoms with Gasteiger partial charge in [-0.1, -0.05) is 29.8 Å². The summed E-state index contributed by atoms with van der Waals surface area (Å²) in [6, 6.07) is 11.3. The number of fused-ring (bicyclic) bond motifs is 1. The van der Waals surface area contributed by atoms with Crippen molar-refractivity contribution in [1.29, 1.82) is 0 Å². The molecule has 0 saturated heterocycles. The number of carbonyl (C=O) groups excluding carboxylic acids is 2. The number of halogens is 1. The Morgan fingerprint density at radius 2 is 1.85 bits per heavy atom. The zero-order chi connectivity index (χ0) is 24.9. The van der Waals surface area contributed by atoms with Gasteiger partial charge in [0, 0.05) is 37.6 Å². The lowest BCUT2D eigenvalue weighted by molar-refractivity contribution is -0.140. The molecule has 0 unspecified atom stereocenters. The highest BCUT2D eigenvalue weighted by atomic mass is 35.5. The van der Waals surface area contributed by atoms with E-state index in [-0.39, 0.29) is 44.5 Å². The molecule has 34 heavy (non-hydrogen) atoms. The molecular weight excluding hydrogens is 482 g/mol. The fourth-order valence-corrected chi connectivity index (χ4v) is 4.80. The summed E-state index contributed by atoms with van der Waals surface area (Å²) in [4.78, 5) is 26.9. The van der Waals surface area contributed by atoms with Crippen LogP contribution in [-0.4, -0.2) is 57.8 Å². The van der Waals surface area contributed by atoms with Gasteiger partial charge in [0.15, 0.2) is 11.5 Å². The molecule has 3 rings (SSSR count). The second-order valence-corrected chi connectivity index (χ2v) is 10.2. The van der Waals surface area contributed by atoms with E-state index in [0.717, 1.165) is 6.26 Å². The van der Waals surface area contributed by atoms with Gasteiger partial charge in [-0.15, -0.1) is 0 Å². The van der Waals surface area contributed by atoms with Crippen molar-refractivity contribution < 1.29 is 27.5 Å². The molecule has 0 aliphatic carbocycles. The number of hydrogen-bond donors (Lipinski definition) is 1. The van der Waals surface area contributed by atoms with Gasteiger partial charge in [0.05, 0.1) is 11.9 Å². The number of likely N-dealkylation sites (N-methyl/N-ethyl adjacent to an activating group) is 1. The Balaban J connectivity index is 1.73. The van der Waals surface area contributed by atoms with Crippen LogP contribution in [0.2, 0.25) is 5.02 Å². The van der Waals surface area contributed by atoms with Gasteiger partial charge in [-0.05, 0) is 37.1 Å². The summed E-state index contributed by atoms with van der Waals surface area (Å²) in [5.74, 6) is 0.423. The van der Waals surface area contributed by atoms with Gasteiger partial charge in [-0.2, -0.15) is 0 Å². The smallest absolute Gasteiger partial charge is 0.242 e. The Hall–Kier alpha value is -2.98. The number of amides is 2. The molecule has 1 aliphatic rings. The third-order valence-corrected chi connectivity index (χ3v) is 7.07. The van der Waals surface area contributed by atoms with Gasteiger partial charge < -0.3 is 19.7 Å². The van der Waals surface area contributed by atoms with Crippen molar-refractivity contribution in [3.05, 3.63) is 53.1 Å². The zero-order valence-electron chi connectivity index (χ0n) is 19.3. The minimum Gasteiger partial charge on any atom is -0.454 e. The van der Waals surface area contributed by atoms with Crippen LogP contribution in [0.4, 0.5) is 5.69 Å². The van der Waals surface area contributed by atoms with Gasteiger partial charge in [0.1, 0.15) is 6.04 Å². The molecule has 184 valence electrons. The van der Waals surface area contributed by atoms with Gasteiger partial charge in [-0.25, -0.2) is 8.42 Å². The molecule has 0 aromatic heterocycles. The average Bonchev–Trinajstić information content (AvgIpc) is 3.27. The second kappa shape index (κ2) is 11.0. The van der Waals surface area contributed by atoms with Crippen LogP contribution in [0.3, 0.4) is 0 Å². The Morgan fingerprint density at radius 3 is 2.53 bits per heavy atom. The zero-order valence-corrected chi connectivity index (χ0v) is 20.9. The molecule has 0 radical (unpaired) electrons. The van der Waals surface area contributed by atoms with Crippen molar-refractivity contribution in [2.75, 3.05) is 30.9 Å². The summed E-state index contributed by atoms with van der Waals surface area (Å²) in [6.07, 6.45) is 1.40. The molecule has 11 heteroatoms. The van der Waals surface area contributed by atoms with Gasteiger partial charge in [0.25, 0.3) is 0 Å². The maximum atomic E-state index is 13.1. The molecule has 2 aromatic rings. The largest absolute Gasteiger partial charge is 0.454 e. The predicted molar refractivity (Wildman–Crippen MR) is 130 cm³/mol. The highest BCUT2D eigenvalue weighted by Crippen LogP contribution is 2.36. The number of anilines is 1. The SMILES string of the molecule is CNC(=O)[C@@H](C)N(Cc1ccccc1Cl)C(=O)CCCN(c1ccc2c(c1)OCO2)S(C)(=O)=O. The fraction of sp³-hybridized carbons (Fsp3) is 0.391. The molecule has 0 bridgehead atoms. The number of benzene rings is 2. The lowest BCUT2D eigenvalue weighted by Crippen LogP contribution is -2.46. The van der Waals surface area contributed by atoms with E-state index >= 15 is 0 Å². The van der Waals surface area contributed by atoms with Gasteiger partial charge >= 0.3 is 0 Å². The molecule has 1 heterocycles. The summed E-state index contributed by atoms with van der Waals surface area (Å²) in [5, 5.41) is 3.06. The van der Waals surface area contributed by atoms with E-state index in [4.69, 9.17) is 21.1 Å².